The topological polar surface area (TPSA) is 35.9 Å². The van der Waals surface area contributed by atoms with Crippen LogP contribution in [-0.2, 0) is 0 Å². The van der Waals surface area contributed by atoms with Crippen molar-refractivity contribution in [2.75, 3.05) is 31.6 Å². The average Bonchev–Trinajstić information content (AvgIpc) is 2.69. The summed E-state index contributed by atoms with van der Waals surface area (Å²) in [7, 11) is 2.15. The van der Waals surface area contributed by atoms with Gasteiger partial charge in [0.15, 0.2) is 5.75 Å². The summed E-state index contributed by atoms with van der Waals surface area (Å²) in [5, 5.41) is 9.53. The van der Waals surface area contributed by atoms with Crippen molar-refractivity contribution in [1.29, 1.82) is 0 Å². The van der Waals surface area contributed by atoms with Crippen LogP contribution in [0.25, 0.3) is 0 Å². The van der Waals surface area contributed by atoms with Crippen LogP contribution in [0, 0.1) is 0 Å². The standard InChI is InChI=1S/C19H22N2O2/c1-20-12-14(10-11-22)21-16-7-3-5-9-19(16)23-18-8-4-2-6-15(18)17(21)13-20/h2-9,14,17,22H,10-13H2,1H3. The highest BCUT2D eigenvalue weighted by Crippen LogP contribution is 2.46. The molecular weight excluding hydrogens is 288 g/mol. The zero-order chi connectivity index (χ0) is 15.8. The molecule has 4 rings (SSSR count). The minimum atomic E-state index is 0.201. The molecule has 2 aromatic carbocycles. The van der Waals surface area contributed by atoms with Gasteiger partial charge in [-0.1, -0.05) is 30.3 Å². The molecule has 120 valence electrons. The van der Waals surface area contributed by atoms with E-state index < -0.39 is 0 Å². The highest BCUT2D eigenvalue weighted by atomic mass is 16.5. The van der Waals surface area contributed by atoms with Crippen LogP contribution >= 0.6 is 0 Å². The van der Waals surface area contributed by atoms with Gasteiger partial charge < -0.3 is 19.6 Å². The lowest BCUT2D eigenvalue weighted by Crippen LogP contribution is -2.53. The summed E-state index contributed by atoms with van der Waals surface area (Å²) in [5.74, 6) is 1.83. The lowest BCUT2D eigenvalue weighted by atomic mass is 9.96. The molecular formula is C19H22N2O2. The number of ether oxygens (including phenoxy) is 1. The predicted molar refractivity (Wildman–Crippen MR) is 91.2 cm³/mol. The van der Waals surface area contributed by atoms with Crippen molar-refractivity contribution in [3.8, 4) is 11.5 Å². The van der Waals surface area contributed by atoms with Crippen LogP contribution < -0.4 is 9.64 Å². The van der Waals surface area contributed by atoms with Gasteiger partial charge in [0.25, 0.3) is 0 Å². The smallest absolute Gasteiger partial charge is 0.150 e. The van der Waals surface area contributed by atoms with Crippen molar-refractivity contribution in [3.05, 3.63) is 54.1 Å². The minimum Gasteiger partial charge on any atom is -0.455 e. The zero-order valence-electron chi connectivity index (χ0n) is 13.4. The van der Waals surface area contributed by atoms with Gasteiger partial charge in [-0.2, -0.15) is 0 Å². The summed E-state index contributed by atoms with van der Waals surface area (Å²) in [4.78, 5) is 4.81. The maximum absolute atomic E-state index is 9.53. The molecule has 2 aliphatic heterocycles. The van der Waals surface area contributed by atoms with Crippen molar-refractivity contribution in [2.45, 2.75) is 18.5 Å². The predicted octanol–water partition coefficient (Wildman–Crippen LogP) is 3.04. The van der Waals surface area contributed by atoms with E-state index in [1.54, 1.807) is 0 Å². The number of hydrogen-bond acceptors (Lipinski definition) is 4. The van der Waals surface area contributed by atoms with Crippen molar-refractivity contribution in [3.63, 3.8) is 0 Å². The number of aliphatic hydroxyl groups is 1. The Balaban J connectivity index is 1.89. The molecule has 2 unspecified atom stereocenters. The van der Waals surface area contributed by atoms with Gasteiger partial charge in [-0.3, -0.25) is 0 Å². The fourth-order valence-electron chi connectivity index (χ4n) is 3.88. The Morgan fingerprint density at radius 2 is 1.78 bits per heavy atom. The fourth-order valence-corrected chi connectivity index (χ4v) is 3.88. The molecule has 4 nitrogen and oxygen atoms in total. The second-order valence-electron chi connectivity index (χ2n) is 6.42. The Morgan fingerprint density at radius 3 is 2.61 bits per heavy atom. The van der Waals surface area contributed by atoms with E-state index >= 15 is 0 Å². The van der Waals surface area contributed by atoms with Gasteiger partial charge >= 0.3 is 0 Å². The van der Waals surface area contributed by atoms with Gasteiger partial charge in [0.2, 0.25) is 0 Å². The number of rotatable bonds is 2. The van der Waals surface area contributed by atoms with Gasteiger partial charge in [-0.05, 0) is 31.7 Å². The summed E-state index contributed by atoms with van der Waals surface area (Å²) < 4.78 is 6.23. The number of hydrogen-bond donors (Lipinski definition) is 1. The number of likely N-dealkylation sites (N-methyl/N-ethyl adjacent to an activating group) is 1. The Labute approximate surface area is 136 Å². The van der Waals surface area contributed by atoms with Crippen LogP contribution in [0.1, 0.15) is 18.0 Å². The van der Waals surface area contributed by atoms with Gasteiger partial charge in [-0.25, -0.2) is 0 Å². The number of benzene rings is 2. The molecule has 1 fully saturated rings. The molecule has 1 N–H and O–H groups in total. The first-order chi connectivity index (χ1) is 11.3. The summed E-state index contributed by atoms with van der Waals surface area (Å²) in [6.07, 6.45) is 0.761. The normalized spacial score (nSPS) is 23.3. The average molecular weight is 310 g/mol. The molecule has 2 heterocycles. The zero-order valence-corrected chi connectivity index (χ0v) is 13.4. The molecule has 0 spiro atoms. The third-order valence-electron chi connectivity index (χ3n) is 4.84. The van der Waals surface area contributed by atoms with Crippen molar-refractivity contribution >= 4 is 5.69 Å². The first kappa shape index (κ1) is 14.5. The third kappa shape index (κ3) is 2.48. The molecule has 0 aromatic heterocycles. The van der Waals surface area contributed by atoms with Crippen LogP contribution in [0.2, 0.25) is 0 Å². The van der Waals surface area contributed by atoms with Crippen LogP contribution in [0.4, 0.5) is 5.69 Å². The Bertz CT molecular complexity index is 703. The van der Waals surface area contributed by atoms with E-state index in [1.165, 1.54) is 5.56 Å². The van der Waals surface area contributed by atoms with E-state index in [1.807, 2.05) is 24.3 Å². The summed E-state index contributed by atoms with van der Waals surface area (Å²) in [6.45, 7) is 2.11. The molecule has 0 bridgehead atoms. The van der Waals surface area contributed by atoms with Crippen LogP contribution in [-0.4, -0.2) is 42.8 Å². The molecule has 0 aliphatic carbocycles. The molecule has 4 heteroatoms. The highest BCUT2D eigenvalue weighted by Gasteiger charge is 2.38. The maximum atomic E-state index is 9.53. The number of para-hydroxylation sites is 3. The lowest BCUT2D eigenvalue weighted by Gasteiger charge is -2.46. The largest absolute Gasteiger partial charge is 0.455 e. The molecule has 2 atom stereocenters. The first-order valence-corrected chi connectivity index (χ1v) is 8.21. The number of aliphatic hydroxyl groups excluding tert-OH is 1. The van der Waals surface area contributed by atoms with E-state index in [9.17, 15) is 5.11 Å². The van der Waals surface area contributed by atoms with Gasteiger partial charge in [0, 0.05) is 31.3 Å². The van der Waals surface area contributed by atoms with Gasteiger partial charge in [0.05, 0.1) is 11.7 Å². The van der Waals surface area contributed by atoms with Gasteiger partial charge in [-0.15, -0.1) is 0 Å². The van der Waals surface area contributed by atoms with Crippen LogP contribution in [0.3, 0.4) is 0 Å². The fraction of sp³-hybridized carbons (Fsp3) is 0.368. The van der Waals surface area contributed by atoms with Crippen LogP contribution in [0.15, 0.2) is 48.5 Å². The molecule has 0 amide bonds. The second kappa shape index (κ2) is 5.87. The Kier molecular flexibility index (Phi) is 3.71. The molecule has 23 heavy (non-hydrogen) atoms. The number of piperazine rings is 1. The number of fused-ring (bicyclic) bond motifs is 5. The maximum Gasteiger partial charge on any atom is 0.150 e. The molecule has 1 saturated heterocycles. The van der Waals surface area contributed by atoms with E-state index in [2.05, 4.69) is 41.1 Å². The summed E-state index contributed by atoms with van der Waals surface area (Å²) in [5.41, 5.74) is 2.35. The molecule has 0 radical (unpaired) electrons. The van der Waals surface area contributed by atoms with Crippen LogP contribution in [0.5, 0.6) is 11.5 Å². The minimum absolute atomic E-state index is 0.201. The lowest BCUT2D eigenvalue weighted by molar-refractivity contribution is 0.194. The third-order valence-corrected chi connectivity index (χ3v) is 4.84. The number of nitrogens with zero attached hydrogens (tertiary/aromatic N) is 2. The Hall–Kier alpha value is -2.04. The highest BCUT2D eigenvalue weighted by molar-refractivity contribution is 5.65. The van der Waals surface area contributed by atoms with Crippen molar-refractivity contribution in [1.82, 2.24) is 4.90 Å². The van der Waals surface area contributed by atoms with Crippen molar-refractivity contribution < 1.29 is 9.84 Å². The second-order valence-corrected chi connectivity index (χ2v) is 6.42. The molecule has 0 saturated carbocycles. The monoisotopic (exact) mass is 310 g/mol. The summed E-state index contributed by atoms with van der Waals surface area (Å²) in [6, 6.07) is 17.1. The van der Waals surface area contributed by atoms with E-state index in [4.69, 9.17) is 4.74 Å². The van der Waals surface area contributed by atoms with Crippen molar-refractivity contribution in [2.24, 2.45) is 0 Å². The molecule has 2 aliphatic rings. The van der Waals surface area contributed by atoms with Gasteiger partial charge in [0.1, 0.15) is 5.75 Å². The Morgan fingerprint density at radius 1 is 1.04 bits per heavy atom. The van der Waals surface area contributed by atoms with E-state index in [0.717, 1.165) is 36.7 Å². The van der Waals surface area contributed by atoms with E-state index in [-0.39, 0.29) is 18.7 Å². The SMILES string of the molecule is CN1CC(CCO)N2c3ccccc3Oc3ccccc3C2C1. The quantitative estimate of drug-likeness (QED) is 0.925. The van der Waals surface area contributed by atoms with E-state index in [0.29, 0.717) is 0 Å². The molecule has 2 aromatic rings. The summed E-state index contributed by atoms with van der Waals surface area (Å²) >= 11 is 0. The number of anilines is 1. The first-order valence-electron chi connectivity index (χ1n) is 8.21.